The number of hydrogen-bond donors (Lipinski definition) is 1. The highest BCUT2D eigenvalue weighted by molar-refractivity contribution is 8.31. The fourth-order valence-electron chi connectivity index (χ4n) is 1.65. The lowest BCUT2D eigenvalue weighted by Gasteiger charge is -2.38. The molecule has 0 saturated carbocycles. The van der Waals surface area contributed by atoms with Crippen molar-refractivity contribution < 1.29 is 9.53 Å². The third-order valence-electron chi connectivity index (χ3n) is 2.54. The molecule has 0 atom stereocenters. The molecule has 0 aromatic rings. The van der Waals surface area contributed by atoms with Crippen LogP contribution < -0.4 is 5.14 Å². The summed E-state index contributed by atoms with van der Waals surface area (Å²) >= 11 is 0. The van der Waals surface area contributed by atoms with E-state index in [9.17, 15) is 4.79 Å². The van der Waals surface area contributed by atoms with E-state index >= 15 is 0 Å². The van der Waals surface area contributed by atoms with Crippen LogP contribution in [0.15, 0.2) is 0 Å². The van der Waals surface area contributed by atoms with Crippen molar-refractivity contribution in [1.82, 2.24) is 0 Å². The molecule has 4 heteroatoms. The average molecular weight is 205 g/mol. The second kappa shape index (κ2) is 4.86. The highest BCUT2D eigenvalue weighted by Gasteiger charge is 2.22. The number of methoxy groups -OCH3 is 1. The molecule has 0 unspecified atom stereocenters. The molecule has 1 aliphatic rings. The minimum Gasteiger partial charge on any atom is -0.469 e. The zero-order valence-corrected chi connectivity index (χ0v) is 9.07. The molecule has 1 heterocycles. The van der Waals surface area contributed by atoms with Crippen LogP contribution in [0.1, 0.15) is 25.7 Å². The Balaban J connectivity index is 2.28. The summed E-state index contributed by atoms with van der Waals surface area (Å²) in [5.74, 6) is 3.02. The van der Waals surface area contributed by atoms with E-state index in [0.29, 0.717) is 6.42 Å². The van der Waals surface area contributed by atoms with Gasteiger partial charge in [0.25, 0.3) is 0 Å². The first-order chi connectivity index (χ1) is 6.16. The van der Waals surface area contributed by atoms with Gasteiger partial charge in [-0.25, -0.2) is 0 Å². The summed E-state index contributed by atoms with van der Waals surface area (Å²) in [6.45, 7) is 0. The molecule has 78 valence electrons. The molecule has 2 N–H and O–H groups in total. The van der Waals surface area contributed by atoms with Gasteiger partial charge in [0.15, 0.2) is 0 Å². The van der Waals surface area contributed by atoms with Crippen LogP contribution in [0.4, 0.5) is 0 Å². The van der Waals surface area contributed by atoms with Crippen molar-refractivity contribution >= 4 is 16.2 Å². The first kappa shape index (κ1) is 10.9. The Kier molecular flexibility index (Phi) is 4.06. The summed E-state index contributed by atoms with van der Waals surface area (Å²) in [4.78, 5) is 10.9. The Hall–Kier alpha value is -0.220. The van der Waals surface area contributed by atoms with E-state index in [1.54, 1.807) is 0 Å². The highest BCUT2D eigenvalue weighted by Crippen LogP contribution is 2.45. The van der Waals surface area contributed by atoms with Crippen LogP contribution in [0.5, 0.6) is 0 Å². The monoisotopic (exact) mass is 205 g/mol. The topological polar surface area (TPSA) is 52.3 Å². The quantitative estimate of drug-likeness (QED) is 0.709. The number of rotatable bonds is 3. The van der Waals surface area contributed by atoms with Gasteiger partial charge in [-0.1, -0.05) is 6.42 Å². The number of carbonyl (C=O) groups is 1. The minimum atomic E-state index is -0.946. The molecule has 0 amide bonds. The van der Waals surface area contributed by atoms with E-state index in [1.807, 2.05) is 0 Å². The van der Waals surface area contributed by atoms with Crippen LogP contribution >= 0.6 is 10.2 Å². The van der Waals surface area contributed by atoms with Crippen molar-refractivity contribution in [2.45, 2.75) is 25.7 Å². The lowest BCUT2D eigenvalue weighted by Crippen LogP contribution is -2.26. The summed E-state index contributed by atoms with van der Waals surface area (Å²) in [5, 5.41) is 6.24. The molecule has 1 aliphatic heterocycles. The van der Waals surface area contributed by atoms with E-state index in [2.05, 4.69) is 4.74 Å². The van der Waals surface area contributed by atoms with Crippen molar-refractivity contribution in [3.8, 4) is 0 Å². The second-order valence-corrected chi connectivity index (χ2v) is 7.06. The van der Waals surface area contributed by atoms with Crippen molar-refractivity contribution in [3.05, 3.63) is 0 Å². The second-order valence-electron chi connectivity index (χ2n) is 3.61. The zero-order chi connectivity index (χ0) is 9.73. The van der Waals surface area contributed by atoms with Crippen molar-refractivity contribution in [2.75, 3.05) is 24.4 Å². The maximum absolute atomic E-state index is 10.9. The lowest BCUT2D eigenvalue weighted by molar-refractivity contribution is -0.140. The van der Waals surface area contributed by atoms with Gasteiger partial charge in [0, 0.05) is 0 Å². The van der Waals surface area contributed by atoms with Gasteiger partial charge in [-0.15, -0.1) is 0 Å². The Morgan fingerprint density at radius 2 is 2.00 bits per heavy atom. The molecule has 0 radical (unpaired) electrons. The summed E-state index contributed by atoms with van der Waals surface area (Å²) in [5.41, 5.74) is 0. The van der Waals surface area contributed by atoms with E-state index in [1.165, 1.54) is 26.4 Å². The maximum atomic E-state index is 10.9. The first-order valence-corrected chi connectivity index (χ1v) is 6.98. The Bertz CT molecular complexity index is 178. The third kappa shape index (κ3) is 3.56. The van der Waals surface area contributed by atoms with E-state index < -0.39 is 10.2 Å². The molecule has 0 bridgehead atoms. The van der Waals surface area contributed by atoms with Crippen LogP contribution in [0.25, 0.3) is 0 Å². The molecule has 1 rings (SSSR count). The number of hydrogen-bond acceptors (Lipinski definition) is 3. The van der Waals surface area contributed by atoms with Crippen molar-refractivity contribution in [1.29, 1.82) is 0 Å². The molecule has 13 heavy (non-hydrogen) atoms. The summed E-state index contributed by atoms with van der Waals surface area (Å²) < 4.78 is 4.61. The van der Waals surface area contributed by atoms with Gasteiger partial charge < -0.3 is 4.74 Å². The number of ether oxygens (including phenoxy) is 1. The van der Waals surface area contributed by atoms with Gasteiger partial charge in [-0.05, 0) is 30.1 Å². The van der Waals surface area contributed by atoms with Crippen molar-refractivity contribution in [3.63, 3.8) is 0 Å². The van der Waals surface area contributed by atoms with Gasteiger partial charge in [0.1, 0.15) is 0 Å². The molecular weight excluding hydrogens is 186 g/mol. The fraction of sp³-hybridized carbons (Fsp3) is 0.889. The third-order valence-corrected chi connectivity index (χ3v) is 5.76. The van der Waals surface area contributed by atoms with Crippen LogP contribution in [0, 0.1) is 0 Å². The molecule has 0 spiro atoms. The maximum Gasteiger partial charge on any atom is 0.306 e. The summed E-state index contributed by atoms with van der Waals surface area (Å²) in [7, 11) is 0.486. The number of nitrogens with two attached hydrogens (primary N) is 1. The first-order valence-electron chi connectivity index (χ1n) is 4.77. The molecule has 0 aromatic carbocycles. The highest BCUT2D eigenvalue weighted by atomic mass is 32.3. The van der Waals surface area contributed by atoms with Gasteiger partial charge in [0.2, 0.25) is 0 Å². The molecule has 0 aliphatic carbocycles. The Morgan fingerprint density at radius 1 is 1.38 bits per heavy atom. The van der Waals surface area contributed by atoms with E-state index in [4.69, 9.17) is 5.14 Å². The molecule has 1 fully saturated rings. The average Bonchev–Trinajstić information content (AvgIpc) is 2.15. The van der Waals surface area contributed by atoms with Crippen LogP contribution in [0.3, 0.4) is 0 Å². The number of esters is 1. The standard InChI is InChI=1S/C9H19NO2S/c1-12-9(11)5-8-13(10)6-3-2-4-7-13/h2-8,10H2,1H3. The minimum absolute atomic E-state index is 0.122. The van der Waals surface area contributed by atoms with Crippen LogP contribution in [-0.2, 0) is 9.53 Å². The zero-order valence-electron chi connectivity index (χ0n) is 8.25. The molecule has 1 saturated heterocycles. The Labute approximate surface area is 81.5 Å². The largest absolute Gasteiger partial charge is 0.469 e. The summed E-state index contributed by atoms with van der Waals surface area (Å²) in [6.07, 6.45) is 4.30. The van der Waals surface area contributed by atoms with E-state index in [-0.39, 0.29) is 5.97 Å². The van der Waals surface area contributed by atoms with Gasteiger partial charge in [-0.3, -0.25) is 9.93 Å². The normalized spacial score (nSPS) is 23.5. The Morgan fingerprint density at radius 3 is 2.54 bits per heavy atom. The fourth-order valence-corrected chi connectivity index (χ4v) is 4.39. The van der Waals surface area contributed by atoms with Gasteiger partial charge >= 0.3 is 5.97 Å². The molecule has 3 nitrogen and oxygen atoms in total. The predicted octanol–water partition coefficient (Wildman–Crippen LogP) is 1.41. The van der Waals surface area contributed by atoms with E-state index in [0.717, 1.165) is 17.3 Å². The van der Waals surface area contributed by atoms with Crippen LogP contribution in [-0.4, -0.2) is 30.3 Å². The predicted molar refractivity (Wildman–Crippen MR) is 56.9 cm³/mol. The SMILES string of the molecule is COC(=O)CCS1(N)CCCCC1. The smallest absolute Gasteiger partial charge is 0.306 e. The van der Waals surface area contributed by atoms with Gasteiger partial charge in [-0.2, -0.15) is 10.2 Å². The lowest BCUT2D eigenvalue weighted by atomic mass is 10.3. The molecular formula is C9H19NO2S. The van der Waals surface area contributed by atoms with Gasteiger partial charge in [0.05, 0.1) is 13.5 Å². The summed E-state index contributed by atoms with van der Waals surface area (Å²) in [6, 6.07) is 0. The van der Waals surface area contributed by atoms with Crippen molar-refractivity contribution in [2.24, 2.45) is 5.14 Å². The van der Waals surface area contributed by atoms with Crippen LogP contribution in [0.2, 0.25) is 0 Å². The molecule has 0 aromatic heterocycles. The number of carbonyl (C=O) groups excluding carboxylic acids is 1.